The van der Waals surface area contributed by atoms with Gasteiger partial charge in [-0.05, 0) is 67.2 Å². The Balaban J connectivity index is 1.67. The summed E-state index contributed by atoms with van der Waals surface area (Å²) in [6, 6.07) is 6.39. The molecule has 2 aliphatic carbocycles. The van der Waals surface area contributed by atoms with Gasteiger partial charge in [0.1, 0.15) is 5.75 Å². The van der Waals surface area contributed by atoms with Gasteiger partial charge < -0.3 is 10.4 Å². The molecule has 2 N–H and O–H groups in total. The first-order chi connectivity index (χ1) is 9.22. The van der Waals surface area contributed by atoms with Gasteiger partial charge >= 0.3 is 0 Å². The minimum absolute atomic E-state index is 0.407. The zero-order valence-electron chi connectivity index (χ0n) is 11.9. The molecule has 1 saturated carbocycles. The molecule has 0 saturated heterocycles. The summed E-state index contributed by atoms with van der Waals surface area (Å²) in [5, 5.41) is 13.4. The van der Waals surface area contributed by atoms with Crippen molar-refractivity contribution in [1.82, 2.24) is 5.32 Å². The van der Waals surface area contributed by atoms with Crippen molar-refractivity contribution in [2.75, 3.05) is 6.54 Å². The number of hydrogen-bond donors (Lipinski definition) is 2. The molecular weight excluding hydrogens is 234 g/mol. The number of rotatable bonds is 5. The van der Waals surface area contributed by atoms with Crippen molar-refractivity contribution >= 4 is 0 Å². The highest BCUT2D eigenvalue weighted by atomic mass is 16.3. The van der Waals surface area contributed by atoms with Crippen LogP contribution in [0, 0.1) is 5.41 Å². The minimum atomic E-state index is 0.407. The zero-order valence-corrected chi connectivity index (χ0v) is 11.9. The standard InChI is InChI=1S/C17H25NO/c1-2-8-17(9-10-17)12-18-16-5-3-4-13-11-14(19)6-7-15(13)16/h6-7,11,16,18-19H,2-5,8-10,12H2,1H3. The maximum atomic E-state index is 9.59. The molecule has 0 bridgehead atoms. The van der Waals surface area contributed by atoms with Gasteiger partial charge in [0.15, 0.2) is 0 Å². The van der Waals surface area contributed by atoms with E-state index in [1.807, 2.05) is 12.1 Å². The van der Waals surface area contributed by atoms with Crippen LogP contribution < -0.4 is 5.32 Å². The Morgan fingerprint density at radius 3 is 2.95 bits per heavy atom. The maximum absolute atomic E-state index is 9.59. The van der Waals surface area contributed by atoms with Gasteiger partial charge in [0.25, 0.3) is 0 Å². The lowest BCUT2D eigenvalue weighted by atomic mass is 9.87. The number of fused-ring (bicyclic) bond motifs is 1. The van der Waals surface area contributed by atoms with Crippen molar-refractivity contribution in [1.29, 1.82) is 0 Å². The second-order valence-electron chi connectivity index (χ2n) is 6.46. The minimum Gasteiger partial charge on any atom is -0.508 e. The fraction of sp³-hybridized carbons (Fsp3) is 0.647. The number of aromatic hydroxyl groups is 1. The third-order valence-electron chi connectivity index (χ3n) is 4.90. The van der Waals surface area contributed by atoms with Crippen LogP contribution in [0.3, 0.4) is 0 Å². The van der Waals surface area contributed by atoms with Crippen molar-refractivity contribution < 1.29 is 5.11 Å². The molecule has 0 aromatic heterocycles. The fourth-order valence-electron chi connectivity index (χ4n) is 3.57. The fourth-order valence-corrected chi connectivity index (χ4v) is 3.57. The normalized spacial score (nSPS) is 23.9. The maximum Gasteiger partial charge on any atom is 0.115 e. The highest BCUT2D eigenvalue weighted by Gasteiger charge is 2.41. The van der Waals surface area contributed by atoms with E-state index in [4.69, 9.17) is 0 Å². The quantitative estimate of drug-likeness (QED) is 0.839. The summed E-state index contributed by atoms with van der Waals surface area (Å²) in [7, 11) is 0. The van der Waals surface area contributed by atoms with Crippen LogP contribution in [0.1, 0.15) is 62.6 Å². The zero-order chi connectivity index (χ0) is 13.3. The van der Waals surface area contributed by atoms with Gasteiger partial charge in [-0.3, -0.25) is 0 Å². The Labute approximate surface area is 116 Å². The molecule has 3 rings (SSSR count). The van der Waals surface area contributed by atoms with E-state index in [-0.39, 0.29) is 0 Å². The number of benzene rings is 1. The first kappa shape index (κ1) is 13.0. The van der Waals surface area contributed by atoms with Crippen LogP contribution in [0.25, 0.3) is 0 Å². The third kappa shape index (κ3) is 2.79. The van der Waals surface area contributed by atoms with Crippen molar-refractivity contribution in [3.63, 3.8) is 0 Å². The van der Waals surface area contributed by atoms with E-state index in [9.17, 15) is 5.11 Å². The summed E-state index contributed by atoms with van der Waals surface area (Å²) in [5.41, 5.74) is 3.36. The average Bonchev–Trinajstić information content (AvgIpc) is 3.16. The van der Waals surface area contributed by atoms with Crippen LogP contribution in [-0.4, -0.2) is 11.7 Å². The molecule has 1 atom stereocenters. The molecule has 0 radical (unpaired) electrons. The van der Waals surface area contributed by atoms with Crippen LogP contribution >= 0.6 is 0 Å². The first-order valence-corrected chi connectivity index (χ1v) is 7.78. The van der Waals surface area contributed by atoms with Crippen LogP contribution in [0.2, 0.25) is 0 Å². The van der Waals surface area contributed by atoms with E-state index in [1.54, 1.807) is 0 Å². The van der Waals surface area contributed by atoms with Crippen molar-refractivity contribution in [2.24, 2.45) is 5.41 Å². The second kappa shape index (κ2) is 5.16. The van der Waals surface area contributed by atoms with E-state index in [2.05, 4.69) is 18.3 Å². The van der Waals surface area contributed by atoms with Crippen LogP contribution in [-0.2, 0) is 6.42 Å². The van der Waals surface area contributed by atoms with Crippen LogP contribution in [0.15, 0.2) is 18.2 Å². The van der Waals surface area contributed by atoms with Gasteiger partial charge in [0.05, 0.1) is 0 Å². The van der Waals surface area contributed by atoms with E-state index in [0.29, 0.717) is 17.2 Å². The van der Waals surface area contributed by atoms with E-state index < -0.39 is 0 Å². The number of aryl methyl sites for hydroxylation is 1. The highest BCUT2D eigenvalue weighted by Crippen LogP contribution is 2.49. The Kier molecular flexibility index (Phi) is 3.53. The van der Waals surface area contributed by atoms with E-state index >= 15 is 0 Å². The van der Waals surface area contributed by atoms with Gasteiger partial charge in [-0.25, -0.2) is 0 Å². The number of phenols is 1. The third-order valence-corrected chi connectivity index (χ3v) is 4.90. The summed E-state index contributed by atoms with van der Waals surface area (Å²) in [6.45, 7) is 3.46. The summed E-state index contributed by atoms with van der Waals surface area (Å²) in [4.78, 5) is 0. The molecular formula is C17H25NO. The average molecular weight is 259 g/mol. The van der Waals surface area contributed by atoms with Crippen molar-refractivity contribution in [3.05, 3.63) is 29.3 Å². The SMILES string of the molecule is CCCC1(CNC2CCCc3cc(O)ccc32)CC1. The Morgan fingerprint density at radius 2 is 2.21 bits per heavy atom. The molecule has 1 unspecified atom stereocenters. The molecule has 19 heavy (non-hydrogen) atoms. The molecule has 2 nitrogen and oxygen atoms in total. The smallest absolute Gasteiger partial charge is 0.115 e. The molecule has 0 spiro atoms. The lowest BCUT2D eigenvalue weighted by Gasteiger charge is -2.28. The molecule has 2 heteroatoms. The van der Waals surface area contributed by atoms with Crippen molar-refractivity contribution in [3.8, 4) is 5.75 Å². The van der Waals surface area contributed by atoms with E-state index in [1.165, 1.54) is 56.2 Å². The number of hydrogen-bond acceptors (Lipinski definition) is 2. The van der Waals surface area contributed by atoms with Crippen LogP contribution in [0.5, 0.6) is 5.75 Å². The molecule has 0 aliphatic heterocycles. The summed E-state index contributed by atoms with van der Waals surface area (Å²) in [5.74, 6) is 0.407. The van der Waals surface area contributed by atoms with Crippen molar-refractivity contribution in [2.45, 2.75) is 57.9 Å². The molecule has 0 amide bonds. The molecule has 1 fully saturated rings. The topological polar surface area (TPSA) is 32.3 Å². The lowest BCUT2D eigenvalue weighted by molar-refractivity contribution is 0.367. The lowest BCUT2D eigenvalue weighted by Crippen LogP contribution is -2.30. The molecule has 2 aliphatic rings. The predicted octanol–water partition coefficient (Wildman–Crippen LogP) is 3.94. The summed E-state index contributed by atoms with van der Waals surface area (Å²) < 4.78 is 0. The van der Waals surface area contributed by atoms with E-state index in [0.717, 1.165) is 6.42 Å². The Hall–Kier alpha value is -1.02. The molecule has 1 aromatic carbocycles. The van der Waals surface area contributed by atoms with Gasteiger partial charge in [-0.15, -0.1) is 0 Å². The molecule has 1 aromatic rings. The highest BCUT2D eigenvalue weighted by molar-refractivity contribution is 5.38. The summed E-state index contributed by atoms with van der Waals surface area (Å²) >= 11 is 0. The largest absolute Gasteiger partial charge is 0.508 e. The predicted molar refractivity (Wildman–Crippen MR) is 78.4 cm³/mol. The van der Waals surface area contributed by atoms with Gasteiger partial charge in [-0.1, -0.05) is 19.4 Å². The summed E-state index contributed by atoms with van der Waals surface area (Å²) in [6.07, 6.45) is 9.06. The first-order valence-electron chi connectivity index (χ1n) is 7.78. The number of nitrogens with one attached hydrogen (secondary N) is 1. The van der Waals surface area contributed by atoms with Gasteiger partial charge in [0, 0.05) is 12.6 Å². The molecule has 0 heterocycles. The van der Waals surface area contributed by atoms with Gasteiger partial charge in [0.2, 0.25) is 0 Å². The second-order valence-corrected chi connectivity index (χ2v) is 6.46. The Morgan fingerprint density at radius 1 is 1.37 bits per heavy atom. The molecule has 104 valence electrons. The van der Waals surface area contributed by atoms with Gasteiger partial charge in [-0.2, -0.15) is 0 Å². The van der Waals surface area contributed by atoms with Crippen LogP contribution in [0.4, 0.5) is 0 Å². The monoisotopic (exact) mass is 259 g/mol. The Bertz CT molecular complexity index is 451. The number of phenolic OH excluding ortho intramolecular Hbond substituents is 1.